The van der Waals surface area contributed by atoms with Crippen LogP contribution in [0, 0.1) is 5.92 Å². The molecule has 22 heavy (non-hydrogen) atoms. The molecule has 122 valence electrons. The molecule has 2 rings (SSSR count). The largest absolute Gasteiger partial charge is 0.396 e. The number of carbonyl (C=O) groups is 1. The van der Waals surface area contributed by atoms with E-state index < -0.39 is 0 Å². The van der Waals surface area contributed by atoms with Gasteiger partial charge in [0.15, 0.2) is 0 Å². The fourth-order valence-corrected chi connectivity index (χ4v) is 2.94. The number of aryl methyl sites for hydroxylation is 1. The summed E-state index contributed by atoms with van der Waals surface area (Å²) >= 11 is 0. The van der Waals surface area contributed by atoms with Crippen LogP contribution in [0.25, 0.3) is 0 Å². The number of nitrogens with one attached hydrogen (secondary N) is 1. The van der Waals surface area contributed by atoms with Crippen molar-refractivity contribution >= 4 is 5.91 Å². The molecule has 2 N–H and O–H groups in total. The predicted molar refractivity (Wildman–Crippen MR) is 88.6 cm³/mol. The quantitative estimate of drug-likeness (QED) is 0.846. The van der Waals surface area contributed by atoms with Gasteiger partial charge in [0.1, 0.15) is 0 Å². The second-order valence-corrected chi connectivity index (χ2v) is 6.29. The summed E-state index contributed by atoms with van der Waals surface area (Å²) in [5.41, 5.74) is 2.46. The molecule has 0 radical (unpaired) electrons. The molecule has 1 saturated heterocycles. The standard InChI is InChI=1S/C18H28N2O2/c1-3-15-4-6-17(7-5-15)14(2)19-18(22)12-20-10-8-16(13-21)9-11-20/h4-7,14,16,21H,3,8-13H2,1-2H3,(H,19,22). The first kappa shape index (κ1) is 17.0. The van der Waals surface area contributed by atoms with Gasteiger partial charge in [-0.3, -0.25) is 9.69 Å². The Labute approximate surface area is 133 Å². The number of hydrogen-bond donors (Lipinski definition) is 2. The number of hydrogen-bond acceptors (Lipinski definition) is 3. The normalized spacial score (nSPS) is 18.1. The maximum atomic E-state index is 12.2. The average molecular weight is 304 g/mol. The minimum Gasteiger partial charge on any atom is -0.396 e. The zero-order valence-electron chi connectivity index (χ0n) is 13.7. The van der Waals surface area contributed by atoms with Crippen molar-refractivity contribution in [1.82, 2.24) is 10.2 Å². The molecule has 1 heterocycles. The van der Waals surface area contributed by atoms with Gasteiger partial charge in [-0.05, 0) is 56.3 Å². The predicted octanol–water partition coefficient (Wildman–Crippen LogP) is 2.13. The van der Waals surface area contributed by atoms with Crippen LogP contribution in [0.4, 0.5) is 0 Å². The van der Waals surface area contributed by atoms with E-state index in [1.54, 1.807) is 0 Å². The molecule has 1 aromatic carbocycles. The molecule has 1 amide bonds. The maximum absolute atomic E-state index is 12.2. The van der Waals surface area contributed by atoms with Gasteiger partial charge >= 0.3 is 0 Å². The summed E-state index contributed by atoms with van der Waals surface area (Å²) in [6, 6.07) is 8.47. The maximum Gasteiger partial charge on any atom is 0.234 e. The fraction of sp³-hybridized carbons (Fsp3) is 0.611. The SMILES string of the molecule is CCc1ccc(C(C)NC(=O)CN2CCC(CO)CC2)cc1. The Kier molecular flexibility index (Phi) is 6.40. The molecule has 0 aromatic heterocycles. The van der Waals surface area contributed by atoms with Crippen LogP contribution >= 0.6 is 0 Å². The lowest BCUT2D eigenvalue weighted by atomic mass is 9.98. The van der Waals surface area contributed by atoms with E-state index in [1.165, 1.54) is 5.56 Å². The summed E-state index contributed by atoms with van der Waals surface area (Å²) in [7, 11) is 0. The smallest absolute Gasteiger partial charge is 0.234 e. The zero-order valence-corrected chi connectivity index (χ0v) is 13.7. The van der Waals surface area contributed by atoms with E-state index in [4.69, 9.17) is 5.11 Å². The van der Waals surface area contributed by atoms with Gasteiger partial charge in [0.2, 0.25) is 5.91 Å². The first-order chi connectivity index (χ1) is 10.6. The van der Waals surface area contributed by atoms with Gasteiger partial charge < -0.3 is 10.4 Å². The number of likely N-dealkylation sites (tertiary alicyclic amines) is 1. The van der Waals surface area contributed by atoms with E-state index in [2.05, 4.69) is 41.4 Å². The van der Waals surface area contributed by atoms with Crippen molar-refractivity contribution in [3.05, 3.63) is 35.4 Å². The highest BCUT2D eigenvalue weighted by atomic mass is 16.3. The number of carbonyl (C=O) groups excluding carboxylic acids is 1. The highest BCUT2D eigenvalue weighted by Crippen LogP contribution is 2.17. The topological polar surface area (TPSA) is 52.6 Å². The van der Waals surface area contributed by atoms with Crippen LogP contribution in [-0.2, 0) is 11.2 Å². The zero-order chi connectivity index (χ0) is 15.9. The van der Waals surface area contributed by atoms with E-state index in [9.17, 15) is 4.79 Å². The first-order valence-corrected chi connectivity index (χ1v) is 8.33. The lowest BCUT2D eigenvalue weighted by molar-refractivity contribution is -0.123. The van der Waals surface area contributed by atoms with E-state index in [1.807, 2.05) is 6.92 Å². The fourth-order valence-electron chi connectivity index (χ4n) is 2.94. The Morgan fingerprint density at radius 3 is 2.50 bits per heavy atom. The van der Waals surface area contributed by atoms with Crippen LogP contribution in [0.15, 0.2) is 24.3 Å². The molecule has 1 unspecified atom stereocenters. The third kappa shape index (κ3) is 4.82. The monoisotopic (exact) mass is 304 g/mol. The molecule has 0 aliphatic carbocycles. The van der Waals surface area contributed by atoms with Crippen molar-refractivity contribution in [3.63, 3.8) is 0 Å². The van der Waals surface area contributed by atoms with Crippen LogP contribution in [0.5, 0.6) is 0 Å². The summed E-state index contributed by atoms with van der Waals surface area (Å²) in [5, 5.41) is 12.2. The molecular weight excluding hydrogens is 276 g/mol. The van der Waals surface area contributed by atoms with Gasteiger partial charge in [-0.15, -0.1) is 0 Å². The Bertz CT molecular complexity index is 464. The van der Waals surface area contributed by atoms with Crippen molar-refractivity contribution in [1.29, 1.82) is 0 Å². The molecule has 1 aliphatic heterocycles. The van der Waals surface area contributed by atoms with Gasteiger partial charge in [-0.2, -0.15) is 0 Å². The van der Waals surface area contributed by atoms with Crippen molar-refractivity contribution in [2.45, 2.75) is 39.2 Å². The summed E-state index contributed by atoms with van der Waals surface area (Å²) < 4.78 is 0. The lowest BCUT2D eigenvalue weighted by Crippen LogP contribution is -2.42. The Morgan fingerprint density at radius 2 is 1.95 bits per heavy atom. The molecule has 0 saturated carbocycles. The number of aliphatic hydroxyl groups excluding tert-OH is 1. The number of nitrogens with zero attached hydrogens (tertiary/aromatic N) is 1. The lowest BCUT2D eigenvalue weighted by Gasteiger charge is -2.30. The van der Waals surface area contributed by atoms with Crippen LogP contribution in [0.1, 0.15) is 43.9 Å². The average Bonchev–Trinajstić information content (AvgIpc) is 2.55. The Hall–Kier alpha value is -1.39. The first-order valence-electron chi connectivity index (χ1n) is 8.33. The van der Waals surface area contributed by atoms with Crippen molar-refractivity contribution < 1.29 is 9.90 Å². The molecule has 0 bridgehead atoms. The summed E-state index contributed by atoms with van der Waals surface area (Å²) in [5.74, 6) is 0.491. The molecule has 1 aromatic rings. The molecule has 0 spiro atoms. The second kappa shape index (κ2) is 8.30. The number of rotatable bonds is 6. The molecule has 1 atom stereocenters. The van der Waals surface area contributed by atoms with E-state index in [-0.39, 0.29) is 18.6 Å². The van der Waals surface area contributed by atoms with Crippen LogP contribution in [0.2, 0.25) is 0 Å². The van der Waals surface area contributed by atoms with E-state index >= 15 is 0 Å². The molecule has 4 heteroatoms. The Balaban J connectivity index is 1.78. The van der Waals surface area contributed by atoms with Gasteiger partial charge in [-0.1, -0.05) is 31.2 Å². The number of amides is 1. The Morgan fingerprint density at radius 1 is 1.32 bits per heavy atom. The minimum atomic E-state index is 0.0355. The van der Waals surface area contributed by atoms with Crippen molar-refractivity contribution in [3.8, 4) is 0 Å². The molecule has 4 nitrogen and oxygen atoms in total. The van der Waals surface area contributed by atoms with Crippen molar-refractivity contribution in [2.24, 2.45) is 5.92 Å². The number of piperidine rings is 1. The van der Waals surface area contributed by atoms with Gasteiger partial charge in [0.25, 0.3) is 0 Å². The second-order valence-electron chi connectivity index (χ2n) is 6.29. The van der Waals surface area contributed by atoms with E-state index in [0.717, 1.165) is 37.9 Å². The third-order valence-electron chi connectivity index (χ3n) is 4.60. The summed E-state index contributed by atoms with van der Waals surface area (Å²) in [4.78, 5) is 14.3. The van der Waals surface area contributed by atoms with Gasteiger partial charge in [0.05, 0.1) is 12.6 Å². The van der Waals surface area contributed by atoms with Crippen molar-refractivity contribution in [2.75, 3.05) is 26.2 Å². The summed E-state index contributed by atoms with van der Waals surface area (Å²) in [6.45, 7) is 6.69. The van der Waals surface area contributed by atoms with Gasteiger partial charge in [0, 0.05) is 6.61 Å². The minimum absolute atomic E-state index is 0.0355. The van der Waals surface area contributed by atoms with Gasteiger partial charge in [-0.25, -0.2) is 0 Å². The highest BCUT2D eigenvalue weighted by molar-refractivity contribution is 5.78. The molecular formula is C18H28N2O2. The van der Waals surface area contributed by atoms with E-state index in [0.29, 0.717) is 12.5 Å². The summed E-state index contributed by atoms with van der Waals surface area (Å²) in [6.07, 6.45) is 3.00. The van der Waals surface area contributed by atoms with Crippen LogP contribution in [-0.4, -0.2) is 42.2 Å². The molecule has 1 aliphatic rings. The number of aliphatic hydroxyl groups is 1. The third-order valence-corrected chi connectivity index (χ3v) is 4.60. The molecule has 1 fully saturated rings. The highest BCUT2D eigenvalue weighted by Gasteiger charge is 2.20. The van der Waals surface area contributed by atoms with Crippen LogP contribution in [0.3, 0.4) is 0 Å². The number of benzene rings is 1. The van der Waals surface area contributed by atoms with Crippen LogP contribution < -0.4 is 5.32 Å².